The Kier molecular flexibility index (Phi) is 8.79. The molecular weight excluding hydrogens is 184 g/mol. The third kappa shape index (κ3) is 7.36. The Bertz CT molecular complexity index is 81.0. The smallest absolute Gasteiger partial charge is 0.00714 e. The Balaban J connectivity index is 3.15. The van der Waals surface area contributed by atoms with Gasteiger partial charge in [-0.25, -0.2) is 0 Å². The highest BCUT2D eigenvalue weighted by molar-refractivity contribution is 8.61. The Morgan fingerprint density at radius 3 is 2.67 bits per heavy atom. The van der Waals surface area contributed by atoms with Gasteiger partial charge in [-0.2, -0.15) is 0 Å². The molecule has 0 saturated heterocycles. The Labute approximate surface area is 65.3 Å². The van der Waals surface area contributed by atoms with Crippen molar-refractivity contribution in [2.75, 3.05) is 6.16 Å². The molecule has 0 rings (SSSR count). The number of allylic oxidation sites excluding steroid dienone is 2. The summed E-state index contributed by atoms with van der Waals surface area (Å²) in [6.07, 6.45) is 6.98. The van der Waals surface area contributed by atoms with E-state index in [1.54, 1.807) is 0 Å². The van der Waals surface area contributed by atoms with Crippen molar-refractivity contribution >= 4 is 33.1 Å². The van der Waals surface area contributed by atoms with Crippen LogP contribution in [0.2, 0.25) is 0 Å². The van der Waals surface area contributed by atoms with Gasteiger partial charge in [0.2, 0.25) is 0 Å². The van der Waals surface area contributed by atoms with Crippen molar-refractivity contribution in [2.24, 2.45) is 0 Å². The predicted octanol–water partition coefficient (Wildman–Crippen LogP) is 3.61. The molecule has 0 aromatic rings. The van der Waals surface area contributed by atoms with Gasteiger partial charge in [0.25, 0.3) is 0 Å². The van der Waals surface area contributed by atoms with Gasteiger partial charge in [0.05, 0.1) is 0 Å². The van der Waals surface area contributed by atoms with Crippen LogP contribution in [0.25, 0.3) is 0 Å². The molecule has 0 N–H and O–H groups in total. The lowest BCUT2D eigenvalue weighted by atomic mass is 10.4. The lowest BCUT2D eigenvalue weighted by Gasteiger charge is -2.02. The van der Waals surface area contributed by atoms with Gasteiger partial charge in [0.15, 0.2) is 0 Å². The highest BCUT2D eigenvalue weighted by Crippen LogP contribution is 2.65. The summed E-state index contributed by atoms with van der Waals surface area (Å²) in [5, 5.41) is 0. The molecule has 0 saturated carbocycles. The summed E-state index contributed by atoms with van der Waals surface area (Å²) in [6.45, 7) is 2.17. The van der Waals surface area contributed by atoms with E-state index < -0.39 is 0 Å². The van der Waals surface area contributed by atoms with E-state index in [9.17, 15) is 0 Å². The first kappa shape index (κ1) is 10.5. The molecule has 0 aromatic carbocycles. The van der Waals surface area contributed by atoms with Gasteiger partial charge in [0.1, 0.15) is 0 Å². The number of hydrogen-bond acceptors (Lipinski definition) is 0. The van der Waals surface area contributed by atoms with E-state index in [0.717, 1.165) is 7.96 Å². The summed E-state index contributed by atoms with van der Waals surface area (Å²) in [5.41, 5.74) is 0. The minimum atomic E-state index is 0.231. The first-order chi connectivity index (χ1) is 4.31. The van der Waals surface area contributed by atoms with Crippen LogP contribution in [0.15, 0.2) is 12.2 Å². The standard InChI is InChI=1S/C5H14P4/c1-2-3-4-5-9(7)8-6/h3-4,8H,2,5-7H2,1H3/b4-3+. The monoisotopic (exact) mass is 198 g/mol. The van der Waals surface area contributed by atoms with E-state index in [-0.39, 0.29) is 7.30 Å². The van der Waals surface area contributed by atoms with Gasteiger partial charge in [-0.3, -0.25) is 0 Å². The molecule has 0 aliphatic rings. The van der Waals surface area contributed by atoms with Gasteiger partial charge in [-0.05, 0) is 12.6 Å². The highest BCUT2D eigenvalue weighted by atomic mass is 32.6. The summed E-state index contributed by atoms with van der Waals surface area (Å²) in [4.78, 5) is 0. The van der Waals surface area contributed by atoms with Crippen LogP contribution in [0, 0.1) is 0 Å². The van der Waals surface area contributed by atoms with Crippen molar-refractivity contribution in [2.45, 2.75) is 13.3 Å². The fourth-order valence-corrected chi connectivity index (χ4v) is 2.84. The summed E-state index contributed by atoms with van der Waals surface area (Å²) in [6, 6.07) is 0. The molecular formula is C5H14P4. The second-order valence-corrected chi connectivity index (χ2v) is 11.5. The van der Waals surface area contributed by atoms with Gasteiger partial charge in [-0.1, -0.05) is 34.3 Å². The van der Waals surface area contributed by atoms with Crippen molar-refractivity contribution in [3.63, 3.8) is 0 Å². The molecule has 4 heteroatoms. The van der Waals surface area contributed by atoms with E-state index in [1.807, 2.05) is 0 Å². The summed E-state index contributed by atoms with van der Waals surface area (Å²) in [5.74, 6) is 0. The predicted molar refractivity (Wildman–Crippen MR) is 59.0 cm³/mol. The molecule has 0 bridgehead atoms. The fraction of sp³-hybridized carbons (Fsp3) is 0.600. The maximum absolute atomic E-state index is 2.91. The van der Waals surface area contributed by atoms with Gasteiger partial charge in [0, 0.05) is 0 Å². The zero-order chi connectivity index (χ0) is 7.11. The molecule has 0 amide bonds. The second-order valence-electron chi connectivity index (χ2n) is 1.66. The molecule has 0 spiro atoms. The SMILES string of the molecule is CC/C=C/CP(P)PP. The molecule has 4 unspecified atom stereocenters. The van der Waals surface area contributed by atoms with Gasteiger partial charge < -0.3 is 0 Å². The lowest BCUT2D eigenvalue weighted by Crippen LogP contribution is -1.62. The largest absolute Gasteiger partial charge is 0.110 e. The van der Waals surface area contributed by atoms with Crippen LogP contribution >= 0.6 is 33.1 Å². The second kappa shape index (κ2) is 7.57. The third-order valence-corrected chi connectivity index (χ3v) is 11.0. The normalized spacial score (nSPS) is 15.9. The van der Waals surface area contributed by atoms with E-state index >= 15 is 0 Å². The van der Waals surface area contributed by atoms with E-state index in [0.29, 0.717) is 0 Å². The Morgan fingerprint density at radius 1 is 1.56 bits per heavy atom. The highest BCUT2D eigenvalue weighted by Gasteiger charge is 1.90. The van der Waals surface area contributed by atoms with Crippen LogP contribution in [0.3, 0.4) is 0 Å². The van der Waals surface area contributed by atoms with Crippen molar-refractivity contribution in [1.29, 1.82) is 0 Å². The van der Waals surface area contributed by atoms with Crippen LogP contribution < -0.4 is 0 Å². The molecule has 9 heavy (non-hydrogen) atoms. The first-order valence-electron chi connectivity index (χ1n) is 2.94. The Hall–Kier alpha value is 1.46. The third-order valence-electron chi connectivity index (χ3n) is 0.870. The number of hydrogen-bond donors (Lipinski definition) is 0. The van der Waals surface area contributed by atoms with Crippen LogP contribution in [0.5, 0.6) is 0 Å². The fourth-order valence-electron chi connectivity index (χ4n) is 0.407. The van der Waals surface area contributed by atoms with Crippen LogP contribution in [-0.4, -0.2) is 6.16 Å². The molecule has 0 radical (unpaired) electrons. The van der Waals surface area contributed by atoms with Gasteiger partial charge >= 0.3 is 0 Å². The maximum Gasteiger partial charge on any atom is -0.00714 e. The van der Waals surface area contributed by atoms with Crippen molar-refractivity contribution in [3.05, 3.63) is 12.2 Å². The van der Waals surface area contributed by atoms with Crippen molar-refractivity contribution in [1.82, 2.24) is 0 Å². The molecule has 0 aliphatic carbocycles. The number of rotatable bonds is 4. The minimum Gasteiger partial charge on any atom is -0.110 e. The molecule has 0 fully saturated rings. The topological polar surface area (TPSA) is 0 Å². The quantitative estimate of drug-likeness (QED) is 0.478. The molecule has 54 valence electrons. The van der Waals surface area contributed by atoms with E-state index in [4.69, 9.17) is 0 Å². The molecule has 0 heterocycles. The molecule has 0 aromatic heterocycles. The average Bonchev–Trinajstić information content (AvgIpc) is 1.89. The maximum atomic E-state index is 2.91. The summed E-state index contributed by atoms with van der Waals surface area (Å²) < 4.78 is 0. The Morgan fingerprint density at radius 2 is 2.22 bits per heavy atom. The van der Waals surface area contributed by atoms with E-state index in [1.165, 1.54) is 12.6 Å². The van der Waals surface area contributed by atoms with Gasteiger partial charge in [-0.15, -0.1) is 17.9 Å². The average molecular weight is 198 g/mol. The lowest BCUT2D eigenvalue weighted by molar-refractivity contribution is 1.22. The molecule has 4 atom stereocenters. The van der Waals surface area contributed by atoms with Crippen LogP contribution in [0.4, 0.5) is 0 Å². The zero-order valence-electron chi connectivity index (χ0n) is 5.67. The van der Waals surface area contributed by atoms with Crippen LogP contribution in [0.1, 0.15) is 13.3 Å². The first-order valence-corrected chi connectivity index (χ1v) is 9.74. The molecule has 0 aliphatic heterocycles. The summed E-state index contributed by atoms with van der Waals surface area (Å²) >= 11 is 0. The minimum absolute atomic E-state index is 0.231. The zero-order valence-corrected chi connectivity index (χ0v) is 9.87. The van der Waals surface area contributed by atoms with Crippen LogP contribution in [-0.2, 0) is 0 Å². The van der Waals surface area contributed by atoms with E-state index in [2.05, 4.69) is 36.9 Å². The van der Waals surface area contributed by atoms with Crippen molar-refractivity contribution in [3.8, 4) is 0 Å². The summed E-state index contributed by atoms with van der Waals surface area (Å²) in [7, 11) is 6.98. The van der Waals surface area contributed by atoms with Crippen molar-refractivity contribution < 1.29 is 0 Å². The molecule has 0 nitrogen and oxygen atoms in total.